The molecule has 2 atom stereocenters. The zero-order chi connectivity index (χ0) is 14.7. The maximum absolute atomic E-state index is 10.4. The second-order valence-corrected chi connectivity index (χ2v) is 6.03. The van der Waals surface area contributed by atoms with E-state index in [0.29, 0.717) is 12.6 Å². The van der Waals surface area contributed by atoms with Crippen LogP contribution >= 0.6 is 0 Å². The Morgan fingerprint density at radius 1 is 1.19 bits per heavy atom. The Labute approximate surface area is 126 Å². The van der Waals surface area contributed by atoms with Crippen molar-refractivity contribution in [2.45, 2.75) is 18.6 Å². The normalized spacial score (nSPS) is 26.0. The Morgan fingerprint density at radius 3 is 2.62 bits per heavy atom. The van der Waals surface area contributed by atoms with Crippen LogP contribution in [0.2, 0.25) is 0 Å². The molecule has 5 nitrogen and oxygen atoms in total. The number of nitrogens with zero attached hydrogens (tertiary/aromatic N) is 2. The van der Waals surface area contributed by atoms with E-state index >= 15 is 0 Å². The van der Waals surface area contributed by atoms with Crippen molar-refractivity contribution < 1.29 is 9.84 Å². The van der Waals surface area contributed by atoms with Crippen LogP contribution in [0, 0.1) is 0 Å². The summed E-state index contributed by atoms with van der Waals surface area (Å²) in [5, 5.41) is 10.4. The molecule has 116 valence electrons. The molecule has 2 heterocycles. The van der Waals surface area contributed by atoms with E-state index in [0.717, 1.165) is 50.6 Å². The van der Waals surface area contributed by atoms with Gasteiger partial charge >= 0.3 is 0 Å². The number of rotatable bonds is 4. The molecule has 5 heteroatoms. The largest absolute Gasteiger partial charge is 0.399 e. The van der Waals surface area contributed by atoms with Gasteiger partial charge in [-0.1, -0.05) is 12.1 Å². The van der Waals surface area contributed by atoms with Crippen molar-refractivity contribution in [1.29, 1.82) is 0 Å². The summed E-state index contributed by atoms with van der Waals surface area (Å²) in [6.45, 7) is 6.60. The van der Waals surface area contributed by atoms with Crippen LogP contribution in [0.25, 0.3) is 0 Å². The molecule has 1 aromatic rings. The number of aliphatic hydroxyl groups excluding tert-OH is 1. The number of nitrogens with two attached hydrogens (primary N) is 1. The van der Waals surface area contributed by atoms with Crippen LogP contribution in [-0.2, 0) is 4.74 Å². The average molecular weight is 291 g/mol. The fraction of sp³-hybridized carbons (Fsp3) is 0.625. The number of anilines is 1. The van der Waals surface area contributed by atoms with Gasteiger partial charge in [0.1, 0.15) is 0 Å². The molecule has 3 rings (SSSR count). The second-order valence-electron chi connectivity index (χ2n) is 6.03. The number of morpholine rings is 1. The molecule has 2 fully saturated rings. The van der Waals surface area contributed by atoms with Gasteiger partial charge in [-0.3, -0.25) is 9.80 Å². The minimum absolute atomic E-state index is 0.436. The standard InChI is InChI=1S/C16H25N3O2/c17-14-3-1-13(2-4-14)16(20)12-18-6-5-15(11-18)19-7-9-21-10-8-19/h1-4,15-16,20H,5-12,17H2. The van der Waals surface area contributed by atoms with Crippen molar-refractivity contribution in [2.24, 2.45) is 0 Å². The van der Waals surface area contributed by atoms with E-state index in [-0.39, 0.29) is 0 Å². The summed E-state index contributed by atoms with van der Waals surface area (Å²) in [6, 6.07) is 8.14. The Morgan fingerprint density at radius 2 is 1.90 bits per heavy atom. The maximum Gasteiger partial charge on any atom is 0.0916 e. The molecule has 2 aliphatic heterocycles. The molecular weight excluding hydrogens is 266 g/mol. The molecule has 0 aromatic heterocycles. The van der Waals surface area contributed by atoms with Gasteiger partial charge in [0.05, 0.1) is 19.3 Å². The predicted octanol–water partition coefficient (Wildman–Crippen LogP) is 0.709. The van der Waals surface area contributed by atoms with Gasteiger partial charge in [0.2, 0.25) is 0 Å². The summed E-state index contributed by atoms with van der Waals surface area (Å²) in [7, 11) is 0. The Bertz CT molecular complexity index is 445. The fourth-order valence-corrected chi connectivity index (χ4v) is 3.29. The number of β-amino-alcohol motifs (C(OH)–C–C–N with tert-alkyl or cyclic N) is 1. The first-order chi connectivity index (χ1) is 10.2. The quantitative estimate of drug-likeness (QED) is 0.800. The zero-order valence-corrected chi connectivity index (χ0v) is 12.4. The molecule has 3 N–H and O–H groups in total. The van der Waals surface area contributed by atoms with Gasteiger partial charge in [-0.15, -0.1) is 0 Å². The van der Waals surface area contributed by atoms with E-state index in [1.54, 1.807) is 0 Å². The highest BCUT2D eigenvalue weighted by Crippen LogP contribution is 2.21. The van der Waals surface area contributed by atoms with Gasteiger partial charge in [0.15, 0.2) is 0 Å². The number of ether oxygens (including phenoxy) is 1. The third-order valence-corrected chi connectivity index (χ3v) is 4.56. The molecule has 2 aliphatic rings. The number of hydrogen-bond donors (Lipinski definition) is 2. The van der Waals surface area contributed by atoms with Crippen LogP contribution < -0.4 is 5.73 Å². The van der Waals surface area contributed by atoms with Gasteiger partial charge in [0, 0.05) is 37.9 Å². The highest BCUT2D eigenvalue weighted by Gasteiger charge is 2.29. The van der Waals surface area contributed by atoms with Crippen molar-refractivity contribution >= 4 is 5.69 Å². The summed E-state index contributed by atoms with van der Waals surface area (Å²) in [6.07, 6.45) is 0.753. The highest BCUT2D eigenvalue weighted by molar-refractivity contribution is 5.39. The topological polar surface area (TPSA) is 62.0 Å². The second kappa shape index (κ2) is 6.75. The predicted molar refractivity (Wildman–Crippen MR) is 83.1 cm³/mol. The molecule has 0 spiro atoms. The third kappa shape index (κ3) is 3.74. The van der Waals surface area contributed by atoms with Crippen molar-refractivity contribution in [1.82, 2.24) is 9.80 Å². The lowest BCUT2D eigenvalue weighted by atomic mass is 10.1. The molecule has 1 aromatic carbocycles. The van der Waals surface area contributed by atoms with Gasteiger partial charge in [-0.2, -0.15) is 0 Å². The SMILES string of the molecule is Nc1ccc(C(O)CN2CCC(N3CCOCC3)C2)cc1. The van der Waals surface area contributed by atoms with E-state index in [1.807, 2.05) is 24.3 Å². The van der Waals surface area contributed by atoms with E-state index in [9.17, 15) is 5.11 Å². The first-order valence-electron chi connectivity index (χ1n) is 7.80. The Kier molecular flexibility index (Phi) is 4.75. The van der Waals surface area contributed by atoms with Crippen LogP contribution in [0.5, 0.6) is 0 Å². The molecule has 21 heavy (non-hydrogen) atoms. The van der Waals surface area contributed by atoms with Gasteiger partial charge < -0.3 is 15.6 Å². The molecule has 0 aliphatic carbocycles. The monoisotopic (exact) mass is 291 g/mol. The zero-order valence-electron chi connectivity index (χ0n) is 12.4. The summed E-state index contributed by atoms with van der Waals surface area (Å²) < 4.78 is 5.41. The molecule has 0 amide bonds. The van der Waals surface area contributed by atoms with Crippen molar-refractivity contribution in [3.05, 3.63) is 29.8 Å². The highest BCUT2D eigenvalue weighted by atomic mass is 16.5. The number of aliphatic hydroxyl groups is 1. The lowest BCUT2D eigenvalue weighted by Gasteiger charge is -2.32. The third-order valence-electron chi connectivity index (χ3n) is 4.56. The number of likely N-dealkylation sites (tertiary alicyclic amines) is 1. The number of nitrogen functional groups attached to an aromatic ring is 1. The van der Waals surface area contributed by atoms with Crippen LogP contribution in [0.1, 0.15) is 18.1 Å². The molecule has 2 saturated heterocycles. The first kappa shape index (κ1) is 14.8. The average Bonchev–Trinajstić information content (AvgIpc) is 2.97. The minimum atomic E-state index is -0.436. The lowest BCUT2D eigenvalue weighted by Crippen LogP contribution is -2.44. The summed E-state index contributed by atoms with van der Waals surface area (Å²) in [5.41, 5.74) is 7.36. The summed E-state index contributed by atoms with van der Waals surface area (Å²) in [5.74, 6) is 0. The molecule has 2 unspecified atom stereocenters. The first-order valence-corrected chi connectivity index (χ1v) is 7.80. The summed E-state index contributed by atoms with van der Waals surface area (Å²) in [4.78, 5) is 4.89. The fourth-order valence-electron chi connectivity index (χ4n) is 3.29. The van der Waals surface area contributed by atoms with Crippen molar-refractivity contribution in [3.63, 3.8) is 0 Å². The summed E-state index contributed by atoms with van der Waals surface area (Å²) >= 11 is 0. The van der Waals surface area contributed by atoms with E-state index in [2.05, 4.69) is 9.80 Å². The maximum atomic E-state index is 10.4. The van der Waals surface area contributed by atoms with Crippen LogP contribution in [-0.4, -0.2) is 66.9 Å². The van der Waals surface area contributed by atoms with Crippen LogP contribution in [0.3, 0.4) is 0 Å². The van der Waals surface area contributed by atoms with Gasteiger partial charge in [-0.05, 0) is 30.7 Å². The van der Waals surface area contributed by atoms with Crippen molar-refractivity contribution in [2.75, 3.05) is 51.7 Å². The Hall–Kier alpha value is -1.14. The van der Waals surface area contributed by atoms with Crippen LogP contribution in [0.4, 0.5) is 5.69 Å². The molecule has 0 bridgehead atoms. The molecular formula is C16H25N3O2. The minimum Gasteiger partial charge on any atom is -0.399 e. The smallest absolute Gasteiger partial charge is 0.0916 e. The lowest BCUT2D eigenvalue weighted by molar-refractivity contribution is 0.0174. The van der Waals surface area contributed by atoms with Gasteiger partial charge in [0.25, 0.3) is 0 Å². The molecule has 0 saturated carbocycles. The molecule has 0 radical (unpaired) electrons. The number of hydrogen-bond acceptors (Lipinski definition) is 5. The van der Waals surface area contributed by atoms with Crippen molar-refractivity contribution in [3.8, 4) is 0 Å². The van der Waals surface area contributed by atoms with Gasteiger partial charge in [-0.25, -0.2) is 0 Å². The van der Waals surface area contributed by atoms with E-state index in [4.69, 9.17) is 10.5 Å². The van der Waals surface area contributed by atoms with E-state index < -0.39 is 6.10 Å². The number of benzene rings is 1. The van der Waals surface area contributed by atoms with Crippen LogP contribution in [0.15, 0.2) is 24.3 Å². The van der Waals surface area contributed by atoms with E-state index in [1.165, 1.54) is 6.42 Å². The Balaban J connectivity index is 1.50.